The summed E-state index contributed by atoms with van der Waals surface area (Å²) in [6.07, 6.45) is 5.86. The SMILES string of the molecule is COC(=O)c1cc(OC)c2c(c1)nc(-c1cc3ccc(-c4cccnc4NC(=O)OC(C)(C)C)nc3n1CCCCCCCC(=O)OC(C)(C)C)n2C. The van der Waals surface area contributed by atoms with E-state index in [4.69, 9.17) is 28.9 Å². The van der Waals surface area contributed by atoms with Crippen LogP contribution in [-0.4, -0.2) is 67.5 Å². The van der Waals surface area contributed by atoms with Crippen molar-refractivity contribution in [3.8, 4) is 28.5 Å². The van der Waals surface area contributed by atoms with Crippen LogP contribution in [0.5, 0.6) is 5.75 Å². The van der Waals surface area contributed by atoms with Crippen molar-refractivity contribution in [2.24, 2.45) is 7.05 Å². The quantitative estimate of drug-likeness (QED) is 0.0711. The highest BCUT2D eigenvalue weighted by atomic mass is 16.6. The van der Waals surface area contributed by atoms with Crippen LogP contribution in [-0.2, 0) is 32.6 Å². The summed E-state index contributed by atoms with van der Waals surface area (Å²) in [5, 5.41) is 3.68. The maximum atomic E-state index is 12.7. The van der Waals surface area contributed by atoms with Gasteiger partial charge in [-0.15, -0.1) is 0 Å². The van der Waals surface area contributed by atoms with Gasteiger partial charge in [-0.25, -0.2) is 24.5 Å². The second-order valence-corrected chi connectivity index (χ2v) is 15.0. The van der Waals surface area contributed by atoms with Crippen LogP contribution >= 0.6 is 0 Å². The van der Waals surface area contributed by atoms with Crippen LogP contribution in [0.15, 0.2) is 48.7 Å². The molecule has 0 aliphatic carbocycles. The van der Waals surface area contributed by atoms with Crippen molar-refractivity contribution >= 4 is 45.9 Å². The lowest BCUT2D eigenvalue weighted by molar-refractivity contribution is -0.154. The van der Waals surface area contributed by atoms with Crippen molar-refractivity contribution in [3.63, 3.8) is 0 Å². The van der Waals surface area contributed by atoms with Gasteiger partial charge >= 0.3 is 18.0 Å². The van der Waals surface area contributed by atoms with Gasteiger partial charge < -0.3 is 28.1 Å². The number of aryl methyl sites for hydroxylation is 2. The van der Waals surface area contributed by atoms with E-state index in [2.05, 4.69) is 20.9 Å². The number of anilines is 1. The number of nitrogens with one attached hydrogen (secondary N) is 1. The number of carbonyl (C=O) groups is 3. The van der Waals surface area contributed by atoms with Gasteiger partial charge in [0.25, 0.3) is 0 Å². The minimum absolute atomic E-state index is 0.168. The minimum Gasteiger partial charge on any atom is -0.494 e. The number of benzene rings is 1. The number of hydrogen-bond donors (Lipinski definition) is 1. The van der Waals surface area contributed by atoms with Gasteiger partial charge in [0.05, 0.1) is 36.7 Å². The van der Waals surface area contributed by atoms with Gasteiger partial charge in [0.1, 0.15) is 33.9 Å². The molecule has 282 valence electrons. The predicted molar refractivity (Wildman–Crippen MR) is 204 cm³/mol. The van der Waals surface area contributed by atoms with E-state index in [0.29, 0.717) is 52.7 Å². The van der Waals surface area contributed by atoms with Crippen molar-refractivity contribution in [1.29, 1.82) is 0 Å². The van der Waals surface area contributed by atoms with Crippen molar-refractivity contribution < 1.29 is 33.3 Å². The van der Waals surface area contributed by atoms with Crippen molar-refractivity contribution in [1.82, 2.24) is 24.1 Å². The standard InChI is InChI=1S/C40H50N6O7/c1-39(2,3)52-32(47)17-13-11-10-12-14-21-46-30(36-43-29-22-26(37(48)51-9)24-31(50-8)33(29)45(36)7)23-25-18-19-28(42-35(25)46)27-16-15-20-41-34(27)44-38(49)53-40(4,5)6/h15-16,18-20,22-24H,10-14,17,21H2,1-9H3,(H,41,44,49). The van der Waals surface area contributed by atoms with Gasteiger partial charge in [0.2, 0.25) is 0 Å². The summed E-state index contributed by atoms with van der Waals surface area (Å²) in [4.78, 5) is 51.9. The number of unbranched alkanes of at least 4 members (excludes halogenated alkanes) is 4. The molecule has 53 heavy (non-hydrogen) atoms. The van der Waals surface area contributed by atoms with Crippen molar-refractivity contribution in [3.05, 3.63) is 54.2 Å². The van der Waals surface area contributed by atoms with Crippen LogP contribution in [0.4, 0.5) is 10.6 Å². The summed E-state index contributed by atoms with van der Waals surface area (Å²) < 4.78 is 25.7. The van der Waals surface area contributed by atoms with Gasteiger partial charge in [0, 0.05) is 37.2 Å². The fourth-order valence-electron chi connectivity index (χ4n) is 6.19. The molecule has 13 nitrogen and oxygen atoms in total. The Labute approximate surface area is 310 Å². The molecule has 5 rings (SSSR count). The molecule has 0 saturated carbocycles. The van der Waals surface area contributed by atoms with Gasteiger partial charge in [-0.3, -0.25) is 10.1 Å². The minimum atomic E-state index is -0.674. The Hall–Kier alpha value is -5.46. The molecule has 0 bridgehead atoms. The number of pyridine rings is 2. The van der Waals surface area contributed by atoms with Gasteiger partial charge in [-0.2, -0.15) is 0 Å². The average molecular weight is 727 g/mol. The molecule has 0 atom stereocenters. The van der Waals surface area contributed by atoms with Crippen LogP contribution in [0.1, 0.15) is 90.4 Å². The highest BCUT2D eigenvalue weighted by Gasteiger charge is 2.23. The van der Waals surface area contributed by atoms with Crippen molar-refractivity contribution in [2.75, 3.05) is 19.5 Å². The third kappa shape index (κ3) is 9.51. The molecule has 0 fully saturated rings. The Morgan fingerprint density at radius 1 is 0.849 bits per heavy atom. The normalized spacial score (nSPS) is 11.9. The first kappa shape index (κ1) is 38.8. The number of esters is 2. The van der Waals surface area contributed by atoms with E-state index in [-0.39, 0.29) is 5.97 Å². The molecule has 0 unspecified atom stereocenters. The highest BCUT2D eigenvalue weighted by Crippen LogP contribution is 2.35. The maximum Gasteiger partial charge on any atom is 0.413 e. The Kier molecular flexibility index (Phi) is 11.7. The van der Waals surface area contributed by atoms with Crippen LogP contribution in [0.3, 0.4) is 0 Å². The first-order chi connectivity index (χ1) is 25.1. The summed E-state index contributed by atoms with van der Waals surface area (Å²) in [6, 6.07) is 13.0. The smallest absolute Gasteiger partial charge is 0.413 e. The number of hydrogen-bond acceptors (Lipinski definition) is 10. The lowest BCUT2D eigenvalue weighted by Gasteiger charge is -2.20. The number of methoxy groups -OCH3 is 2. The fourth-order valence-corrected chi connectivity index (χ4v) is 6.19. The molecule has 4 aromatic heterocycles. The van der Waals surface area contributed by atoms with Crippen LogP contribution in [0.2, 0.25) is 0 Å². The first-order valence-electron chi connectivity index (χ1n) is 17.9. The molecule has 0 aliphatic heterocycles. The van der Waals surface area contributed by atoms with Gasteiger partial charge in [0.15, 0.2) is 5.82 Å². The summed E-state index contributed by atoms with van der Waals surface area (Å²) in [5.41, 5.74) is 3.35. The van der Waals surface area contributed by atoms with Crippen LogP contribution in [0, 0.1) is 0 Å². The number of aromatic nitrogens is 5. The molecule has 5 aromatic rings. The van der Waals surface area contributed by atoms with E-state index in [1.165, 1.54) is 7.11 Å². The monoisotopic (exact) mass is 726 g/mol. The Balaban J connectivity index is 1.50. The summed E-state index contributed by atoms with van der Waals surface area (Å²) >= 11 is 0. The Morgan fingerprint density at radius 3 is 2.26 bits per heavy atom. The zero-order chi connectivity index (χ0) is 38.5. The summed E-state index contributed by atoms with van der Waals surface area (Å²) in [7, 11) is 4.81. The van der Waals surface area contributed by atoms with E-state index in [0.717, 1.165) is 54.3 Å². The first-order valence-corrected chi connectivity index (χ1v) is 17.9. The molecular weight excluding hydrogens is 676 g/mol. The van der Waals surface area contributed by atoms with E-state index in [9.17, 15) is 14.4 Å². The number of amides is 1. The van der Waals surface area contributed by atoms with Gasteiger partial charge in [-0.1, -0.05) is 19.3 Å². The average Bonchev–Trinajstić information content (AvgIpc) is 3.61. The Morgan fingerprint density at radius 2 is 1.57 bits per heavy atom. The number of carbonyl (C=O) groups excluding carboxylic acids is 3. The lowest BCUT2D eigenvalue weighted by Crippen LogP contribution is -2.27. The zero-order valence-corrected chi connectivity index (χ0v) is 32.2. The van der Waals surface area contributed by atoms with E-state index in [1.54, 1.807) is 52.3 Å². The fraction of sp³-hybridized carbons (Fsp3) is 0.450. The molecule has 1 aromatic carbocycles. The number of imidazole rings is 1. The molecule has 13 heteroatoms. The molecule has 0 spiro atoms. The Bertz CT molecular complexity index is 2120. The van der Waals surface area contributed by atoms with E-state index < -0.39 is 23.3 Å². The molecule has 1 N–H and O–H groups in total. The van der Waals surface area contributed by atoms with Crippen molar-refractivity contribution in [2.45, 2.75) is 97.8 Å². The number of nitrogens with zero attached hydrogens (tertiary/aromatic N) is 5. The molecule has 0 saturated heterocycles. The third-order valence-electron chi connectivity index (χ3n) is 8.43. The van der Waals surface area contributed by atoms with E-state index in [1.807, 2.05) is 50.6 Å². The van der Waals surface area contributed by atoms with E-state index >= 15 is 0 Å². The highest BCUT2D eigenvalue weighted by molar-refractivity contribution is 5.97. The number of fused-ring (bicyclic) bond motifs is 2. The largest absolute Gasteiger partial charge is 0.494 e. The summed E-state index contributed by atoms with van der Waals surface area (Å²) in [5.74, 6) is 0.859. The zero-order valence-electron chi connectivity index (χ0n) is 32.2. The summed E-state index contributed by atoms with van der Waals surface area (Å²) in [6.45, 7) is 11.7. The molecule has 4 heterocycles. The molecule has 0 aliphatic rings. The van der Waals surface area contributed by atoms with Crippen LogP contribution in [0.25, 0.3) is 44.8 Å². The van der Waals surface area contributed by atoms with Gasteiger partial charge in [-0.05, 0) is 96.8 Å². The third-order valence-corrected chi connectivity index (χ3v) is 8.43. The molecule has 0 radical (unpaired) electrons. The number of ether oxygens (including phenoxy) is 4. The second kappa shape index (κ2) is 16.1. The predicted octanol–water partition coefficient (Wildman–Crippen LogP) is 8.48. The second-order valence-electron chi connectivity index (χ2n) is 15.0. The molecular formula is C40H50N6O7. The van der Waals surface area contributed by atoms with Crippen LogP contribution < -0.4 is 10.1 Å². The topological polar surface area (TPSA) is 149 Å². The maximum absolute atomic E-state index is 12.7. The molecule has 1 amide bonds. The lowest BCUT2D eigenvalue weighted by atomic mass is 10.1. The number of rotatable bonds is 13.